The van der Waals surface area contributed by atoms with Gasteiger partial charge in [-0.2, -0.15) is 0 Å². The van der Waals surface area contributed by atoms with E-state index in [9.17, 15) is 45.6 Å². The number of hydrogen-bond acceptors (Lipinski definition) is 9. The second-order valence-electron chi connectivity index (χ2n) is 38.9. The van der Waals surface area contributed by atoms with Crippen LogP contribution in [0, 0.1) is 139 Å². The molecule has 90 heavy (non-hydrogen) atoms. The van der Waals surface area contributed by atoms with Gasteiger partial charge in [0, 0.05) is 12.3 Å². The quantitative estimate of drug-likeness (QED) is 0.0792. The Balaban J connectivity index is 0.000000148. The summed E-state index contributed by atoms with van der Waals surface area (Å²) in [4.78, 5) is 13.3. The Bertz CT molecular complexity index is 2290. The van der Waals surface area contributed by atoms with Crippen molar-refractivity contribution in [3.05, 3.63) is 0 Å². The number of fused-ring (bicyclic) bond motifs is 15. The molecule has 0 aromatic rings. The molecule has 12 unspecified atom stereocenters. The summed E-state index contributed by atoms with van der Waals surface area (Å²) in [6, 6.07) is 0. The third-order valence-corrected chi connectivity index (χ3v) is 32.4. The van der Waals surface area contributed by atoms with E-state index in [4.69, 9.17) is 0 Å². The van der Waals surface area contributed by atoms with Crippen LogP contribution in [0.4, 0.5) is 0 Å². The number of Topliss-reactive ketones (excluding diaryl/α,β-unsaturated/α-hetero) is 1. The van der Waals surface area contributed by atoms with E-state index in [0.717, 1.165) is 128 Å². The van der Waals surface area contributed by atoms with Crippen LogP contribution in [-0.2, 0) is 4.79 Å². The van der Waals surface area contributed by atoms with E-state index in [1.807, 2.05) is 0 Å². The van der Waals surface area contributed by atoms with E-state index in [-0.39, 0.29) is 80.8 Å². The largest absolute Gasteiger partial charge is 0.393 e. The zero-order valence-electron chi connectivity index (χ0n) is 60.6. The second-order valence-corrected chi connectivity index (χ2v) is 38.9. The fraction of sp³-hybridized carbons (Fsp3) is 0.988. The Labute approximate surface area is 550 Å². The zero-order chi connectivity index (χ0) is 65.7. The van der Waals surface area contributed by atoms with Crippen molar-refractivity contribution in [3.8, 4) is 0 Å². The Morgan fingerprint density at radius 2 is 0.656 bits per heavy atom. The fourth-order valence-electron chi connectivity index (χ4n) is 27.8. The molecular weight excluding hydrogens is 1120 g/mol. The molecule has 12 aliphatic rings. The summed E-state index contributed by atoms with van der Waals surface area (Å²) >= 11 is 0. The lowest BCUT2D eigenvalue weighted by Crippen LogP contribution is -2.59. The van der Waals surface area contributed by atoms with Gasteiger partial charge in [0.05, 0.1) is 47.3 Å². The topological polar surface area (TPSA) is 179 Å². The van der Waals surface area contributed by atoms with Crippen molar-refractivity contribution in [1.29, 1.82) is 0 Å². The molecule has 0 radical (unpaired) electrons. The molecule has 29 atom stereocenters. The van der Waals surface area contributed by atoms with Gasteiger partial charge in [0.2, 0.25) is 0 Å². The first kappa shape index (κ1) is 72.1. The van der Waals surface area contributed by atoms with E-state index in [2.05, 4.69) is 104 Å². The monoisotopic (exact) mass is 1260 g/mol. The molecule has 0 spiro atoms. The van der Waals surface area contributed by atoms with Gasteiger partial charge >= 0.3 is 0 Å². The predicted octanol–water partition coefficient (Wildman–Crippen LogP) is 16.9. The molecule has 9 heteroatoms. The van der Waals surface area contributed by atoms with E-state index in [1.165, 1.54) is 77.0 Å². The smallest absolute Gasteiger partial charge is 0.136 e. The van der Waals surface area contributed by atoms with Gasteiger partial charge in [-0.15, -0.1) is 0 Å². The molecular formula is C81H142O9. The molecule has 0 aliphatic heterocycles. The van der Waals surface area contributed by atoms with Crippen LogP contribution in [0.2, 0.25) is 0 Å². The SMILES string of the molecule is CC(C)CCC[C@](C)(O)C1CCC2C3CC(=O)[C@H]4C[C@@H](O)CC[C@]4(C)C3CC[C@@]21C.CC(C)CCC[C@](C)(O)C1CCC2C3C[C@@H](O)[C@H]4C[C@@H](O)CC[C@]4(C)C3CC[C@@]21C.CC(C)CCC[C@](C)(O)C1CCC2C3C[C@H](O)[C@H]4C[C@@H](O)CC[C@]4(C)C3CC[C@@]21C. The number of ketones is 1. The maximum absolute atomic E-state index is 13.3. The highest BCUT2D eigenvalue weighted by Crippen LogP contribution is 2.72. The maximum atomic E-state index is 13.3. The minimum Gasteiger partial charge on any atom is -0.393 e. The van der Waals surface area contributed by atoms with Crippen molar-refractivity contribution < 1.29 is 45.6 Å². The van der Waals surface area contributed by atoms with Gasteiger partial charge in [-0.05, 0) is 321 Å². The summed E-state index contributed by atoms with van der Waals surface area (Å²) < 4.78 is 0. The van der Waals surface area contributed by atoms with Gasteiger partial charge in [-0.3, -0.25) is 4.79 Å². The van der Waals surface area contributed by atoms with Crippen molar-refractivity contribution in [2.45, 2.75) is 363 Å². The lowest BCUT2D eigenvalue weighted by molar-refractivity contribution is -0.179. The first-order valence-corrected chi connectivity index (χ1v) is 39.1. The minimum atomic E-state index is -0.592. The molecule has 0 aromatic carbocycles. The number of carbonyl (C=O) groups is 1. The average molecular weight is 1260 g/mol. The van der Waals surface area contributed by atoms with E-state index < -0.39 is 16.8 Å². The summed E-state index contributed by atoms with van der Waals surface area (Å²) in [5.74, 6) is 9.77. The van der Waals surface area contributed by atoms with Gasteiger partial charge in [0.25, 0.3) is 0 Å². The van der Waals surface area contributed by atoms with Crippen LogP contribution >= 0.6 is 0 Å². The van der Waals surface area contributed by atoms with E-state index in [0.29, 0.717) is 101 Å². The van der Waals surface area contributed by atoms with Crippen LogP contribution in [0.3, 0.4) is 0 Å². The molecule has 12 rings (SSSR count). The summed E-state index contributed by atoms with van der Waals surface area (Å²) in [6.45, 7) is 34.6. The third kappa shape index (κ3) is 13.3. The highest BCUT2D eigenvalue weighted by atomic mass is 16.3. The molecule has 0 bridgehead atoms. The van der Waals surface area contributed by atoms with Crippen LogP contribution in [0.25, 0.3) is 0 Å². The summed E-state index contributed by atoms with van der Waals surface area (Å²) in [5, 5.41) is 87.8. The highest BCUT2D eigenvalue weighted by molar-refractivity contribution is 5.83. The van der Waals surface area contributed by atoms with E-state index in [1.54, 1.807) is 0 Å². The van der Waals surface area contributed by atoms with Crippen LogP contribution in [0.15, 0.2) is 0 Å². The second kappa shape index (κ2) is 26.9. The molecule has 0 amide bonds. The van der Waals surface area contributed by atoms with Gasteiger partial charge in [-0.25, -0.2) is 0 Å². The Kier molecular flexibility index (Phi) is 21.5. The normalized spacial score (nSPS) is 49.7. The Morgan fingerprint density at radius 1 is 0.367 bits per heavy atom. The lowest BCUT2D eigenvalue weighted by atomic mass is 9.43. The summed E-state index contributed by atoms with van der Waals surface area (Å²) in [7, 11) is 0. The molecule has 520 valence electrons. The van der Waals surface area contributed by atoms with Gasteiger partial charge in [0.15, 0.2) is 0 Å². The molecule has 0 aromatic heterocycles. The third-order valence-electron chi connectivity index (χ3n) is 32.4. The predicted molar refractivity (Wildman–Crippen MR) is 365 cm³/mol. The fourth-order valence-corrected chi connectivity index (χ4v) is 27.8. The van der Waals surface area contributed by atoms with Crippen LogP contribution < -0.4 is 0 Å². The number of aliphatic hydroxyl groups is 8. The Morgan fingerprint density at radius 3 is 1.00 bits per heavy atom. The highest BCUT2D eigenvalue weighted by Gasteiger charge is 2.68. The van der Waals surface area contributed by atoms with Gasteiger partial charge in [0.1, 0.15) is 5.78 Å². The van der Waals surface area contributed by atoms with Crippen LogP contribution in [0.1, 0.15) is 316 Å². The summed E-state index contributed by atoms with van der Waals surface area (Å²) in [6.07, 6.45) is 33.4. The number of hydrogen-bond donors (Lipinski definition) is 8. The van der Waals surface area contributed by atoms with Gasteiger partial charge < -0.3 is 40.9 Å². The number of carbonyl (C=O) groups excluding carboxylic acids is 1. The first-order chi connectivity index (χ1) is 42.0. The van der Waals surface area contributed by atoms with Crippen molar-refractivity contribution in [2.75, 3.05) is 0 Å². The van der Waals surface area contributed by atoms with E-state index >= 15 is 0 Å². The summed E-state index contributed by atoms with van der Waals surface area (Å²) in [5.41, 5.74) is -0.704. The molecule has 12 fully saturated rings. The van der Waals surface area contributed by atoms with Crippen molar-refractivity contribution >= 4 is 5.78 Å². The number of rotatable bonds is 15. The standard InChI is InChI=1S/2C27H48O3.C27H46O3/c3*1-17(2)7-6-12-27(5,30)24-9-8-20-19-16-23(29)22-15-18(28)10-13-25(22,3)21(19)11-14-26(20,24)4/h2*17-24,28-30H,6-16H2,1-5H3;17-22,24,28,30H,6-16H2,1-5H3/t18-,19?,20?,21?,22+,23+,24?,25+,26-,27-;18-,19?,20?,21?,22+,23-,24?,25+,26-,27-;18-,19?,20?,21?,22+,24?,25+,26-,27-/m000/s1. The Hall–Kier alpha value is -0.650. The average Bonchev–Trinajstić information content (AvgIpc) is 1.34. The van der Waals surface area contributed by atoms with Crippen molar-refractivity contribution in [1.82, 2.24) is 0 Å². The van der Waals surface area contributed by atoms with Crippen molar-refractivity contribution in [3.63, 3.8) is 0 Å². The lowest BCUT2D eigenvalue weighted by Gasteiger charge is -2.62. The molecule has 0 heterocycles. The van der Waals surface area contributed by atoms with Gasteiger partial charge in [-0.1, -0.05) is 122 Å². The first-order valence-electron chi connectivity index (χ1n) is 39.1. The molecule has 12 saturated carbocycles. The molecule has 8 N–H and O–H groups in total. The molecule has 9 nitrogen and oxygen atoms in total. The molecule has 0 saturated heterocycles. The maximum Gasteiger partial charge on any atom is 0.136 e. The van der Waals surface area contributed by atoms with Crippen LogP contribution in [0.5, 0.6) is 0 Å². The zero-order valence-corrected chi connectivity index (χ0v) is 60.6. The molecule has 12 aliphatic carbocycles. The van der Waals surface area contributed by atoms with Crippen LogP contribution in [-0.4, -0.2) is 94.0 Å². The van der Waals surface area contributed by atoms with Crippen molar-refractivity contribution in [2.24, 2.45) is 139 Å². The number of aliphatic hydroxyl groups excluding tert-OH is 5. The minimum absolute atomic E-state index is 0.0724.